The van der Waals surface area contributed by atoms with Crippen LogP contribution < -0.4 is 10.2 Å². The maximum absolute atomic E-state index is 12.6. The molecule has 0 aliphatic carbocycles. The summed E-state index contributed by atoms with van der Waals surface area (Å²) >= 11 is 0. The van der Waals surface area contributed by atoms with E-state index in [-0.39, 0.29) is 5.91 Å². The van der Waals surface area contributed by atoms with Crippen molar-refractivity contribution in [2.75, 3.05) is 24.3 Å². The van der Waals surface area contributed by atoms with Crippen molar-refractivity contribution in [2.24, 2.45) is 0 Å². The first kappa shape index (κ1) is 15.7. The molecule has 1 aromatic heterocycles. The summed E-state index contributed by atoms with van der Waals surface area (Å²) in [4.78, 5) is 22.9. The molecule has 3 aromatic rings. The van der Waals surface area contributed by atoms with Crippen molar-refractivity contribution in [3.8, 4) is 11.3 Å². The smallest absolute Gasteiger partial charge is 0.259 e. The van der Waals surface area contributed by atoms with Crippen LogP contribution in [0.1, 0.15) is 10.4 Å². The van der Waals surface area contributed by atoms with Gasteiger partial charge in [0.25, 0.3) is 5.91 Å². The predicted octanol–water partition coefficient (Wildman–Crippen LogP) is 3.46. The van der Waals surface area contributed by atoms with E-state index >= 15 is 0 Å². The number of anilines is 2. The number of hydrogen-bond donors (Lipinski definition) is 1. The molecule has 5 nitrogen and oxygen atoms in total. The van der Waals surface area contributed by atoms with E-state index in [0.717, 1.165) is 16.9 Å². The zero-order chi connectivity index (χ0) is 16.9. The molecular formula is C19H18N4O. The van der Waals surface area contributed by atoms with Crippen molar-refractivity contribution in [3.05, 3.63) is 72.7 Å². The Kier molecular flexibility index (Phi) is 4.52. The maximum Gasteiger partial charge on any atom is 0.259 e. The van der Waals surface area contributed by atoms with Crippen LogP contribution in [0.4, 0.5) is 11.4 Å². The van der Waals surface area contributed by atoms with Gasteiger partial charge in [0.05, 0.1) is 11.3 Å². The Bertz CT molecular complexity index is 830. The molecule has 2 aromatic carbocycles. The number of rotatable bonds is 4. The van der Waals surface area contributed by atoms with E-state index in [1.54, 1.807) is 6.20 Å². The molecule has 1 amide bonds. The Hall–Kier alpha value is -3.21. The highest BCUT2D eigenvalue weighted by Gasteiger charge is 2.14. The third kappa shape index (κ3) is 3.41. The number of carbonyl (C=O) groups excluding carboxylic acids is 1. The van der Waals surface area contributed by atoms with Gasteiger partial charge in [0.1, 0.15) is 6.33 Å². The van der Waals surface area contributed by atoms with Gasteiger partial charge < -0.3 is 10.2 Å². The fourth-order valence-corrected chi connectivity index (χ4v) is 2.36. The molecule has 0 aliphatic heterocycles. The summed E-state index contributed by atoms with van der Waals surface area (Å²) < 4.78 is 0. The Balaban J connectivity index is 1.86. The first-order valence-electron chi connectivity index (χ1n) is 7.59. The van der Waals surface area contributed by atoms with Crippen molar-refractivity contribution < 1.29 is 4.79 Å². The molecule has 0 atom stereocenters. The van der Waals surface area contributed by atoms with Crippen LogP contribution in [0.25, 0.3) is 11.3 Å². The number of aromatic nitrogens is 2. The van der Waals surface area contributed by atoms with Crippen LogP contribution in [0.2, 0.25) is 0 Å². The fraction of sp³-hybridized carbons (Fsp3) is 0.105. The molecule has 1 N–H and O–H groups in total. The number of carbonyl (C=O) groups is 1. The average molecular weight is 318 g/mol. The van der Waals surface area contributed by atoms with E-state index in [2.05, 4.69) is 15.3 Å². The highest BCUT2D eigenvalue weighted by Crippen LogP contribution is 2.22. The zero-order valence-corrected chi connectivity index (χ0v) is 13.6. The minimum Gasteiger partial charge on any atom is -0.378 e. The van der Waals surface area contributed by atoms with Crippen LogP contribution in [0.5, 0.6) is 0 Å². The van der Waals surface area contributed by atoms with Crippen LogP contribution in [-0.2, 0) is 0 Å². The van der Waals surface area contributed by atoms with Crippen molar-refractivity contribution in [1.29, 1.82) is 0 Å². The molecule has 0 aliphatic rings. The fourth-order valence-electron chi connectivity index (χ4n) is 2.36. The van der Waals surface area contributed by atoms with Gasteiger partial charge in [-0.25, -0.2) is 9.97 Å². The van der Waals surface area contributed by atoms with Gasteiger partial charge in [-0.15, -0.1) is 0 Å². The van der Waals surface area contributed by atoms with Crippen LogP contribution in [0, 0.1) is 0 Å². The minimum atomic E-state index is -0.230. The molecule has 3 rings (SSSR count). The summed E-state index contributed by atoms with van der Waals surface area (Å²) in [5, 5.41) is 2.90. The summed E-state index contributed by atoms with van der Waals surface area (Å²) in [6.45, 7) is 0. The lowest BCUT2D eigenvalue weighted by molar-refractivity contribution is 0.102. The van der Waals surface area contributed by atoms with Crippen LogP contribution in [0.15, 0.2) is 67.1 Å². The van der Waals surface area contributed by atoms with Gasteiger partial charge in [0.15, 0.2) is 0 Å². The molecule has 24 heavy (non-hydrogen) atoms. The monoisotopic (exact) mass is 318 g/mol. The van der Waals surface area contributed by atoms with Crippen LogP contribution >= 0.6 is 0 Å². The molecule has 0 radical (unpaired) electrons. The summed E-state index contributed by atoms with van der Waals surface area (Å²) in [6, 6.07) is 17.3. The van der Waals surface area contributed by atoms with Crippen LogP contribution in [0.3, 0.4) is 0 Å². The quantitative estimate of drug-likeness (QED) is 0.800. The van der Waals surface area contributed by atoms with Gasteiger partial charge in [-0.1, -0.05) is 30.3 Å². The van der Waals surface area contributed by atoms with Crippen molar-refractivity contribution in [2.45, 2.75) is 0 Å². The third-order valence-corrected chi connectivity index (χ3v) is 3.65. The van der Waals surface area contributed by atoms with E-state index in [1.165, 1.54) is 6.33 Å². The molecule has 0 bridgehead atoms. The van der Waals surface area contributed by atoms with Gasteiger partial charge in [-0.05, 0) is 24.3 Å². The molecule has 0 unspecified atom stereocenters. The highest BCUT2D eigenvalue weighted by molar-refractivity contribution is 6.07. The SMILES string of the molecule is CN(C)c1ccc(NC(=O)c2cncnc2-c2ccccc2)cc1. The Morgan fingerprint density at radius 2 is 1.71 bits per heavy atom. The minimum absolute atomic E-state index is 0.230. The number of hydrogen-bond acceptors (Lipinski definition) is 4. The Morgan fingerprint density at radius 1 is 1.00 bits per heavy atom. The summed E-state index contributed by atoms with van der Waals surface area (Å²) in [7, 11) is 3.95. The third-order valence-electron chi connectivity index (χ3n) is 3.65. The lowest BCUT2D eigenvalue weighted by Gasteiger charge is -2.13. The molecule has 1 heterocycles. The topological polar surface area (TPSA) is 58.1 Å². The lowest BCUT2D eigenvalue weighted by Crippen LogP contribution is -2.14. The lowest BCUT2D eigenvalue weighted by atomic mass is 10.1. The van der Waals surface area contributed by atoms with E-state index in [9.17, 15) is 4.79 Å². The second-order valence-electron chi connectivity index (χ2n) is 5.55. The predicted molar refractivity (Wildman–Crippen MR) is 96.2 cm³/mol. The zero-order valence-electron chi connectivity index (χ0n) is 13.6. The molecular weight excluding hydrogens is 300 g/mol. The van der Waals surface area contributed by atoms with E-state index in [0.29, 0.717) is 11.3 Å². The molecule has 120 valence electrons. The van der Waals surface area contributed by atoms with Crippen molar-refractivity contribution >= 4 is 17.3 Å². The van der Waals surface area contributed by atoms with Crippen molar-refractivity contribution in [1.82, 2.24) is 9.97 Å². The maximum atomic E-state index is 12.6. The number of benzene rings is 2. The van der Waals surface area contributed by atoms with Crippen LogP contribution in [-0.4, -0.2) is 30.0 Å². The molecule has 0 fully saturated rings. The van der Waals surface area contributed by atoms with E-state index < -0.39 is 0 Å². The van der Waals surface area contributed by atoms with E-state index in [4.69, 9.17) is 0 Å². The average Bonchev–Trinajstić information content (AvgIpc) is 2.63. The first-order valence-corrected chi connectivity index (χ1v) is 7.59. The van der Waals surface area contributed by atoms with Gasteiger partial charge in [-0.3, -0.25) is 4.79 Å². The second kappa shape index (κ2) is 6.91. The van der Waals surface area contributed by atoms with Gasteiger partial charge >= 0.3 is 0 Å². The molecule has 0 spiro atoms. The first-order chi connectivity index (χ1) is 11.6. The number of nitrogens with zero attached hydrogens (tertiary/aromatic N) is 3. The highest BCUT2D eigenvalue weighted by atomic mass is 16.1. The Labute approximate surface area is 141 Å². The van der Waals surface area contributed by atoms with Gasteiger partial charge in [0, 0.05) is 37.2 Å². The van der Waals surface area contributed by atoms with Crippen molar-refractivity contribution in [3.63, 3.8) is 0 Å². The number of amides is 1. The van der Waals surface area contributed by atoms with Gasteiger partial charge in [0.2, 0.25) is 0 Å². The normalized spacial score (nSPS) is 10.2. The Morgan fingerprint density at radius 3 is 2.38 bits per heavy atom. The second-order valence-corrected chi connectivity index (χ2v) is 5.55. The number of nitrogens with one attached hydrogen (secondary N) is 1. The standard InChI is InChI=1S/C19H18N4O/c1-23(2)16-10-8-15(9-11-16)22-19(24)17-12-20-13-21-18(17)14-6-4-3-5-7-14/h3-13H,1-2H3,(H,22,24). The summed E-state index contributed by atoms with van der Waals surface area (Å²) in [5.41, 5.74) is 3.75. The molecule has 0 saturated carbocycles. The van der Waals surface area contributed by atoms with E-state index in [1.807, 2.05) is 73.6 Å². The molecule has 5 heteroatoms. The molecule has 0 saturated heterocycles. The summed E-state index contributed by atoms with van der Waals surface area (Å²) in [5.74, 6) is -0.230. The largest absolute Gasteiger partial charge is 0.378 e. The van der Waals surface area contributed by atoms with Gasteiger partial charge in [-0.2, -0.15) is 0 Å². The summed E-state index contributed by atoms with van der Waals surface area (Å²) in [6.07, 6.45) is 2.99.